The van der Waals surface area contributed by atoms with Crippen LogP contribution in [0.5, 0.6) is 11.5 Å². The van der Waals surface area contributed by atoms with Gasteiger partial charge < -0.3 is 14.6 Å². The number of hydrogen-bond donors (Lipinski definition) is 1. The molecule has 0 bridgehead atoms. The topological polar surface area (TPSA) is 72.8 Å². The van der Waals surface area contributed by atoms with E-state index in [9.17, 15) is 9.59 Å². The fourth-order valence-electron chi connectivity index (χ4n) is 1.88. The van der Waals surface area contributed by atoms with E-state index in [0.29, 0.717) is 17.1 Å². The van der Waals surface area contributed by atoms with Gasteiger partial charge in [-0.3, -0.25) is 4.79 Å². The van der Waals surface area contributed by atoms with Gasteiger partial charge in [0, 0.05) is 11.1 Å². The van der Waals surface area contributed by atoms with Gasteiger partial charge >= 0.3 is 5.97 Å². The zero-order valence-corrected chi connectivity index (χ0v) is 9.52. The standard InChI is InChI=1S/C12H12O5/c1-6(2)9-7(10(13)12(14)15)3-4-8-11(9)17-5-16-8/h3-4,6H,5H2,1-2H3,(H,14,15). The Labute approximate surface area is 98.0 Å². The number of ether oxygens (including phenoxy) is 2. The molecule has 0 radical (unpaired) electrons. The maximum absolute atomic E-state index is 11.6. The van der Waals surface area contributed by atoms with Gasteiger partial charge in [0.05, 0.1) is 0 Å². The second-order valence-electron chi connectivity index (χ2n) is 4.05. The smallest absolute Gasteiger partial charge is 0.377 e. The van der Waals surface area contributed by atoms with Gasteiger partial charge in [-0.2, -0.15) is 0 Å². The first kappa shape index (κ1) is 11.4. The number of hydrogen-bond acceptors (Lipinski definition) is 4. The molecule has 5 heteroatoms. The molecular formula is C12H12O5. The Hall–Kier alpha value is -2.04. The van der Waals surface area contributed by atoms with Crippen molar-refractivity contribution in [2.75, 3.05) is 6.79 Å². The predicted octanol–water partition coefficient (Wildman–Crippen LogP) is 1.81. The number of carbonyl (C=O) groups is 2. The Kier molecular flexibility index (Phi) is 2.75. The predicted molar refractivity (Wildman–Crippen MR) is 58.6 cm³/mol. The molecule has 17 heavy (non-hydrogen) atoms. The van der Waals surface area contributed by atoms with Crippen LogP contribution in [0.15, 0.2) is 12.1 Å². The minimum Gasteiger partial charge on any atom is -0.475 e. The fourth-order valence-corrected chi connectivity index (χ4v) is 1.88. The number of rotatable bonds is 3. The Morgan fingerprint density at radius 2 is 2.00 bits per heavy atom. The van der Waals surface area contributed by atoms with E-state index >= 15 is 0 Å². The maximum atomic E-state index is 11.6. The van der Waals surface area contributed by atoms with Crippen molar-refractivity contribution in [1.29, 1.82) is 0 Å². The van der Waals surface area contributed by atoms with Gasteiger partial charge in [-0.05, 0) is 18.1 Å². The van der Waals surface area contributed by atoms with Gasteiger partial charge in [-0.1, -0.05) is 13.8 Å². The average molecular weight is 236 g/mol. The molecule has 0 unspecified atom stereocenters. The highest BCUT2D eigenvalue weighted by molar-refractivity contribution is 6.40. The third-order valence-electron chi connectivity index (χ3n) is 2.59. The van der Waals surface area contributed by atoms with Crippen LogP contribution < -0.4 is 9.47 Å². The van der Waals surface area contributed by atoms with Crippen LogP contribution >= 0.6 is 0 Å². The van der Waals surface area contributed by atoms with Crippen LogP contribution in [-0.4, -0.2) is 23.7 Å². The number of benzene rings is 1. The molecule has 1 aromatic carbocycles. The SMILES string of the molecule is CC(C)c1c(C(=O)C(=O)O)ccc2c1OCO2. The van der Waals surface area contributed by atoms with Crippen molar-refractivity contribution in [1.82, 2.24) is 0 Å². The molecule has 0 amide bonds. The maximum Gasteiger partial charge on any atom is 0.377 e. The number of Topliss-reactive ketones (excluding diaryl/α,β-unsaturated/α-hetero) is 1. The monoisotopic (exact) mass is 236 g/mol. The van der Waals surface area contributed by atoms with Crippen LogP contribution in [0, 0.1) is 0 Å². The number of carboxylic acids is 1. The first-order valence-electron chi connectivity index (χ1n) is 5.22. The van der Waals surface area contributed by atoms with E-state index < -0.39 is 11.8 Å². The van der Waals surface area contributed by atoms with Crippen LogP contribution in [0.3, 0.4) is 0 Å². The molecule has 1 aliphatic rings. The van der Waals surface area contributed by atoms with Gasteiger partial charge in [0.2, 0.25) is 6.79 Å². The third kappa shape index (κ3) is 1.84. The molecule has 0 spiro atoms. The molecule has 0 fully saturated rings. The molecule has 1 aliphatic heterocycles. The summed E-state index contributed by atoms with van der Waals surface area (Å²) in [7, 11) is 0. The normalized spacial score (nSPS) is 12.9. The third-order valence-corrected chi connectivity index (χ3v) is 2.59. The Morgan fingerprint density at radius 1 is 1.29 bits per heavy atom. The number of carboxylic acid groups (broad SMARTS) is 1. The second kappa shape index (κ2) is 4.08. The highest BCUT2D eigenvalue weighted by Gasteiger charge is 2.27. The van der Waals surface area contributed by atoms with Crippen molar-refractivity contribution in [3.63, 3.8) is 0 Å². The van der Waals surface area contributed by atoms with Crippen molar-refractivity contribution in [3.8, 4) is 11.5 Å². The van der Waals surface area contributed by atoms with Crippen molar-refractivity contribution in [2.24, 2.45) is 0 Å². The Bertz CT molecular complexity index is 490. The Morgan fingerprint density at radius 3 is 2.59 bits per heavy atom. The summed E-state index contributed by atoms with van der Waals surface area (Å²) in [4.78, 5) is 22.3. The number of ketones is 1. The van der Waals surface area contributed by atoms with Crippen molar-refractivity contribution in [3.05, 3.63) is 23.3 Å². The Balaban J connectivity index is 2.61. The largest absolute Gasteiger partial charge is 0.475 e. The zero-order chi connectivity index (χ0) is 12.6. The van der Waals surface area contributed by atoms with Gasteiger partial charge in [0.25, 0.3) is 5.78 Å². The van der Waals surface area contributed by atoms with E-state index in [1.54, 1.807) is 6.07 Å². The highest BCUT2D eigenvalue weighted by atomic mass is 16.7. The molecule has 1 N–H and O–H groups in total. The van der Waals surface area contributed by atoms with Gasteiger partial charge in [-0.15, -0.1) is 0 Å². The molecular weight excluding hydrogens is 224 g/mol. The zero-order valence-electron chi connectivity index (χ0n) is 9.52. The lowest BCUT2D eigenvalue weighted by Gasteiger charge is -2.13. The van der Waals surface area contributed by atoms with Gasteiger partial charge in [0.15, 0.2) is 11.5 Å². The van der Waals surface area contributed by atoms with E-state index in [1.165, 1.54) is 6.07 Å². The lowest BCUT2D eigenvalue weighted by atomic mass is 9.93. The number of aliphatic carboxylic acids is 1. The van der Waals surface area contributed by atoms with Crippen LogP contribution in [0.2, 0.25) is 0 Å². The fraction of sp³-hybridized carbons (Fsp3) is 0.333. The first-order valence-corrected chi connectivity index (χ1v) is 5.22. The van der Waals surface area contributed by atoms with E-state index in [0.717, 1.165) is 0 Å². The molecule has 0 aromatic heterocycles. The van der Waals surface area contributed by atoms with Crippen LogP contribution in [0.4, 0.5) is 0 Å². The lowest BCUT2D eigenvalue weighted by molar-refractivity contribution is -0.131. The summed E-state index contributed by atoms with van der Waals surface area (Å²) < 4.78 is 10.5. The lowest BCUT2D eigenvalue weighted by Crippen LogP contribution is -2.15. The first-order chi connectivity index (χ1) is 8.02. The molecule has 0 saturated heterocycles. The van der Waals surface area contributed by atoms with Crippen molar-refractivity contribution < 1.29 is 24.2 Å². The molecule has 0 saturated carbocycles. The summed E-state index contributed by atoms with van der Waals surface area (Å²) in [6.07, 6.45) is 0. The summed E-state index contributed by atoms with van der Waals surface area (Å²) >= 11 is 0. The summed E-state index contributed by atoms with van der Waals surface area (Å²) in [6, 6.07) is 3.03. The van der Waals surface area contributed by atoms with E-state index in [2.05, 4.69) is 0 Å². The summed E-state index contributed by atoms with van der Waals surface area (Å²) in [5, 5.41) is 8.77. The summed E-state index contributed by atoms with van der Waals surface area (Å²) in [5.74, 6) is -1.38. The second-order valence-corrected chi connectivity index (χ2v) is 4.05. The van der Waals surface area contributed by atoms with E-state index in [4.69, 9.17) is 14.6 Å². The van der Waals surface area contributed by atoms with Crippen LogP contribution in [0.25, 0.3) is 0 Å². The summed E-state index contributed by atoms with van der Waals surface area (Å²) in [5.41, 5.74) is 0.754. The number of carbonyl (C=O) groups excluding carboxylic acids is 1. The van der Waals surface area contributed by atoms with Crippen LogP contribution in [0.1, 0.15) is 35.7 Å². The number of fused-ring (bicyclic) bond motifs is 1. The van der Waals surface area contributed by atoms with Crippen LogP contribution in [-0.2, 0) is 4.79 Å². The van der Waals surface area contributed by atoms with Gasteiger partial charge in [0.1, 0.15) is 0 Å². The minimum absolute atomic E-state index is 0.0232. The quantitative estimate of drug-likeness (QED) is 0.640. The highest BCUT2D eigenvalue weighted by Crippen LogP contribution is 2.41. The molecule has 5 nitrogen and oxygen atoms in total. The summed E-state index contributed by atoms with van der Waals surface area (Å²) in [6.45, 7) is 3.84. The van der Waals surface area contributed by atoms with Crippen molar-refractivity contribution >= 4 is 11.8 Å². The van der Waals surface area contributed by atoms with E-state index in [1.807, 2.05) is 13.8 Å². The molecule has 90 valence electrons. The molecule has 1 aromatic rings. The van der Waals surface area contributed by atoms with Crippen molar-refractivity contribution in [2.45, 2.75) is 19.8 Å². The molecule has 2 rings (SSSR count). The molecule has 0 aliphatic carbocycles. The molecule has 1 heterocycles. The molecule has 0 atom stereocenters. The average Bonchev–Trinajstić information content (AvgIpc) is 2.73. The van der Waals surface area contributed by atoms with E-state index in [-0.39, 0.29) is 18.3 Å². The van der Waals surface area contributed by atoms with Gasteiger partial charge in [-0.25, -0.2) is 4.79 Å². The minimum atomic E-state index is -1.47.